The Labute approximate surface area is 93.7 Å². The fourth-order valence-electron chi connectivity index (χ4n) is 1.13. The molecule has 3 nitrogen and oxygen atoms in total. The van der Waals surface area contributed by atoms with Crippen molar-refractivity contribution in [3.05, 3.63) is 29.8 Å². The monoisotopic (exact) mass is 245 g/mol. The predicted octanol–water partition coefficient (Wildman–Crippen LogP) is 2.66. The smallest absolute Gasteiger partial charge is 0.416 e. The van der Waals surface area contributed by atoms with Crippen molar-refractivity contribution in [1.29, 1.82) is 0 Å². The molecule has 7 heteroatoms. The molecular formula is C9H4F3N2OS-. The van der Waals surface area contributed by atoms with Crippen molar-refractivity contribution in [2.24, 2.45) is 0 Å². The first-order chi connectivity index (χ1) is 7.47. The first-order valence-corrected chi connectivity index (χ1v) is 4.56. The Kier molecular flexibility index (Phi) is 2.55. The van der Waals surface area contributed by atoms with Crippen molar-refractivity contribution in [2.45, 2.75) is 11.4 Å². The molecule has 0 unspecified atom stereocenters. The third kappa shape index (κ3) is 2.13. The summed E-state index contributed by atoms with van der Waals surface area (Å²) >= 11 is 4.60. The first kappa shape index (κ1) is 10.9. The molecule has 0 atom stereocenters. The van der Waals surface area contributed by atoms with Crippen molar-refractivity contribution < 1.29 is 17.6 Å². The van der Waals surface area contributed by atoms with E-state index in [0.717, 1.165) is 12.1 Å². The van der Waals surface area contributed by atoms with Crippen LogP contribution in [0.5, 0.6) is 0 Å². The fourth-order valence-corrected chi connectivity index (χ4v) is 1.25. The van der Waals surface area contributed by atoms with E-state index in [4.69, 9.17) is 4.42 Å². The van der Waals surface area contributed by atoms with Gasteiger partial charge in [-0.15, -0.1) is 10.2 Å². The maximum atomic E-state index is 12.3. The summed E-state index contributed by atoms with van der Waals surface area (Å²) in [6.45, 7) is 0. The van der Waals surface area contributed by atoms with Gasteiger partial charge in [0.25, 0.3) is 0 Å². The van der Waals surface area contributed by atoms with Gasteiger partial charge in [0, 0.05) is 5.56 Å². The number of alkyl halides is 3. The molecule has 0 radical (unpaired) electrons. The summed E-state index contributed by atoms with van der Waals surface area (Å²) in [5, 5.41) is 6.97. The number of aromatic nitrogens is 2. The van der Waals surface area contributed by atoms with Crippen LogP contribution in [0.3, 0.4) is 0 Å². The second kappa shape index (κ2) is 3.75. The van der Waals surface area contributed by atoms with Gasteiger partial charge in [0.2, 0.25) is 5.89 Å². The van der Waals surface area contributed by atoms with Gasteiger partial charge in [-0.2, -0.15) is 13.2 Å². The van der Waals surface area contributed by atoms with Crippen molar-refractivity contribution in [3.63, 3.8) is 0 Å². The lowest BCUT2D eigenvalue weighted by molar-refractivity contribution is -0.137. The van der Waals surface area contributed by atoms with Crippen molar-refractivity contribution in [2.75, 3.05) is 0 Å². The van der Waals surface area contributed by atoms with Crippen LogP contribution in [0.2, 0.25) is 0 Å². The molecule has 1 heterocycles. The van der Waals surface area contributed by atoms with E-state index in [-0.39, 0.29) is 11.1 Å². The second-order valence-electron chi connectivity index (χ2n) is 2.95. The van der Waals surface area contributed by atoms with Crippen LogP contribution < -0.4 is 0 Å². The number of benzene rings is 1. The summed E-state index contributed by atoms with van der Waals surface area (Å²) in [6, 6.07) is 4.40. The maximum absolute atomic E-state index is 12.3. The van der Waals surface area contributed by atoms with Crippen LogP contribution >= 0.6 is 0 Å². The average molecular weight is 245 g/mol. The third-order valence-electron chi connectivity index (χ3n) is 1.87. The van der Waals surface area contributed by atoms with E-state index in [0.29, 0.717) is 5.56 Å². The normalized spacial score (nSPS) is 11.7. The van der Waals surface area contributed by atoms with Gasteiger partial charge < -0.3 is 17.0 Å². The molecule has 0 spiro atoms. The van der Waals surface area contributed by atoms with Crippen LogP contribution in [0.4, 0.5) is 13.2 Å². The lowest BCUT2D eigenvalue weighted by Gasteiger charge is -2.05. The summed E-state index contributed by atoms with van der Waals surface area (Å²) in [5.41, 5.74) is -0.328. The van der Waals surface area contributed by atoms with Gasteiger partial charge in [0.05, 0.1) is 10.8 Å². The quantitative estimate of drug-likeness (QED) is 0.724. The highest BCUT2D eigenvalue weighted by Gasteiger charge is 2.30. The minimum Gasteiger partial charge on any atom is -0.719 e. The van der Waals surface area contributed by atoms with E-state index < -0.39 is 11.7 Å². The molecule has 0 aliphatic heterocycles. The standard InChI is InChI=1S/C9H5F3N2OS/c10-9(11,12)6-3-1-5(2-4-6)7-13-14-8(16)15-7/h1-4H,(H,14,16)/p-1. The summed E-state index contributed by atoms with van der Waals surface area (Å²) in [6.07, 6.45) is -4.35. The molecule has 2 aromatic rings. The summed E-state index contributed by atoms with van der Waals surface area (Å²) < 4.78 is 41.7. The van der Waals surface area contributed by atoms with E-state index in [1.54, 1.807) is 0 Å². The average Bonchev–Trinajstić information content (AvgIpc) is 2.64. The van der Waals surface area contributed by atoms with Crippen LogP contribution in [-0.4, -0.2) is 10.2 Å². The highest BCUT2D eigenvalue weighted by atomic mass is 32.1. The Morgan fingerprint density at radius 2 is 1.69 bits per heavy atom. The second-order valence-corrected chi connectivity index (χ2v) is 3.30. The molecule has 0 saturated carbocycles. The topological polar surface area (TPSA) is 38.9 Å². The summed E-state index contributed by atoms with van der Waals surface area (Å²) in [4.78, 5) is 0. The fraction of sp³-hybridized carbons (Fsp3) is 0.111. The molecule has 2 rings (SSSR count). The van der Waals surface area contributed by atoms with E-state index in [9.17, 15) is 13.2 Å². The van der Waals surface area contributed by atoms with Crippen LogP contribution in [0.1, 0.15) is 5.56 Å². The van der Waals surface area contributed by atoms with Crippen molar-refractivity contribution >= 4 is 12.6 Å². The lowest BCUT2D eigenvalue weighted by Crippen LogP contribution is -2.03. The molecule has 0 fully saturated rings. The Morgan fingerprint density at radius 3 is 2.12 bits per heavy atom. The third-order valence-corrected chi connectivity index (χ3v) is 2.03. The minimum atomic E-state index is -4.35. The first-order valence-electron chi connectivity index (χ1n) is 4.15. The molecule has 84 valence electrons. The summed E-state index contributed by atoms with van der Waals surface area (Å²) in [7, 11) is 0. The zero-order chi connectivity index (χ0) is 11.8. The number of hydrogen-bond acceptors (Lipinski definition) is 4. The molecule has 0 aliphatic rings. The predicted molar refractivity (Wildman–Crippen MR) is 50.4 cm³/mol. The molecule has 0 saturated heterocycles. The molecule has 0 N–H and O–H groups in total. The Morgan fingerprint density at radius 1 is 1.06 bits per heavy atom. The molecule has 1 aromatic heterocycles. The molecule has 16 heavy (non-hydrogen) atoms. The van der Waals surface area contributed by atoms with Crippen LogP contribution in [0.25, 0.3) is 11.5 Å². The van der Waals surface area contributed by atoms with Gasteiger partial charge in [-0.05, 0) is 24.3 Å². The highest BCUT2D eigenvalue weighted by molar-refractivity contribution is 7.58. The van der Waals surface area contributed by atoms with Crippen LogP contribution in [0.15, 0.2) is 33.9 Å². The van der Waals surface area contributed by atoms with Gasteiger partial charge in [-0.3, -0.25) is 0 Å². The molecule has 0 aliphatic carbocycles. The van der Waals surface area contributed by atoms with E-state index in [1.807, 2.05) is 0 Å². The van der Waals surface area contributed by atoms with E-state index >= 15 is 0 Å². The zero-order valence-electron chi connectivity index (χ0n) is 7.65. The van der Waals surface area contributed by atoms with E-state index in [1.165, 1.54) is 12.1 Å². The Bertz CT molecular complexity index is 492. The van der Waals surface area contributed by atoms with Crippen molar-refractivity contribution in [3.8, 4) is 11.5 Å². The largest absolute Gasteiger partial charge is 0.719 e. The van der Waals surface area contributed by atoms with E-state index in [2.05, 4.69) is 22.8 Å². The summed E-state index contributed by atoms with van der Waals surface area (Å²) in [5.74, 6) is 0.110. The van der Waals surface area contributed by atoms with Crippen LogP contribution in [-0.2, 0) is 18.8 Å². The number of rotatable bonds is 1. The molecular weight excluding hydrogens is 241 g/mol. The highest BCUT2D eigenvalue weighted by Crippen LogP contribution is 2.30. The van der Waals surface area contributed by atoms with Crippen molar-refractivity contribution in [1.82, 2.24) is 10.2 Å². The number of halogens is 3. The Hall–Kier alpha value is -1.63. The number of nitrogens with zero attached hydrogens (tertiary/aromatic N) is 2. The maximum Gasteiger partial charge on any atom is 0.416 e. The lowest BCUT2D eigenvalue weighted by atomic mass is 10.1. The number of hydrogen-bond donors (Lipinski definition) is 0. The van der Waals surface area contributed by atoms with Gasteiger partial charge >= 0.3 is 6.18 Å². The minimum absolute atomic E-state index is 0.0464. The van der Waals surface area contributed by atoms with Gasteiger partial charge in [-0.1, -0.05) is 0 Å². The van der Waals surface area contributed by atoms with Gasteiger partial charge in [0.15, 0.2) is 0 Å². The van der Waals surface area contributed by atoms with Crippen LogP contribution in [0, 0.1) is 0 Å². The zero-order valence-corrected chi connectivity index (χ0v) is 8.47. The van der Waals surface area contributed by atoms with Gasteiger partial charge in [-0.25, -0.2) is 0 Å². The van der Waals surface area contributed by atoms with Gasteiger partial charge in [0.1, 0.15) is 0 Å². The SMILES string of the molecule is FC(F)(F)c1ccc(-c2nnc([S-])o2)cc1. The Balaban J connectivity index is 2.33. The molecule has 0 amide bonds. The molecule has 1 aromatic carbocycles. The molecule has 0 bridgehead atoms.